The predicted molar refractivity (Wildman–Crippen MR) is 96.4 cm³/mol. The van der Waals surface area contributed by atoms with Crippen molar-refractivity contribution >= 4 is 22.8 Å². The van der Waals surface area contributed by atoms with Crippen LogP contribution in [0.4, 0.5) is 0 Å². The summed E-state index contributed by atoms with van der Waals surface area (Å²) < 4.78 is 5.21. The summed E-state index contributed by atoms with van der Waals surface area (Å²) in [7, 11) is 1.67. The predicted octanol–water partition coefficient (Wildman–Crippen LogP) is 4.78. The van der Waals surface area contributed by atoms with Gasteiger partial charge in [0.05, 0.1) is 12.5 Å². The van der Waals surface area contributed by atoms with Crippen LogP contribution in [0, 0.1) is 0 Å². The topological polar surface area (TPSA) is 50.8 Å². The van der Waals surface area contributed by atoms with E-state index in [-0.39, 0.29) is 0 Å². The van der Waals surface area contributed by atoms with Crippen molar-refractivity contribution in [2.75, 3.05) is 7.11 Å². The normalized spacial score (nSPS) is 10.9. The highest BCUT2D eigenvalue weighted by Crippen LogP contribution is 2.33. The Balaban J connectivity index is 1.73. The fraction of sp³-hybridized carbons (Fsp3) is 0.0526. The van der Waals surface area contributed by atoms with Crippen molar-refractivity contribution in [2.45, 2.75) is 9.92 Å². The molecule has 0 saturated carbocycles. The minimum atomic E-state index is 0.842. The smallest absolute Gasteiger partial charge is 0.142 e. The molecule has 118 valence electrons. The minimum Gasteiger partial charge on any atom is -0.497 e. The molecular weight excluding hydrogens is 318 g/mol. The van der Waals surface area contributed by atoms with Gasteiger partial charge in [-0.25, -0.2) is 9.97 Å². The van der Waals surface area contributed by atoms with E-state index in [9.17, 15) is 0 Å². The number of hydrogen-bond donors (Lipinski definition) is 1. The molecule has 24 heavy (non-hydrogen) atoms. The molecule has 2 aromatic heterocycles. The van der Waals surface area contributed by atoms with Gasteiger partial charge in [0.25, 0.3) is 0 Å². The van der Waals surface area contributed by atoms with Gasteiger partial charge < -0.3 is 9.72 Å². The van der Waals surface area contributed by atoms with Crippen LogP contribution < -0.4 is 4.74 Å². The van der Waals surface area contributed by atoms with Crippen LogP contribution in [0.3, 0.4) is 0 Å². The maximum Gasteiger partial charge on any atom is 0.142 e. The van der Waals surface area contributed by atoms with Gasteiger partial charge in [0.15, 0.2) is 0 Å². The summed E-state index contributed by atoms with van der Waals surface area (Å²) in [6.07, 6.45) is 1.60. The van der Waals surface area contributed by atoms with Crippen LogP contribution in [0.1, 0.15) is 0 Å². The summed E-state index contributed by atoms with van der Waals surface area (Å²) in [6.45, 7) is 0. The Morgan fingerprint density at radius 3 is 2.50 bits per heavy atom. The Morgan fingerprint density at radius 1 is 0.958 bits per heavy atom. The molecule has 5 heteroatoms. The lowest BCUT2D eigenvalue weighted by Crippen LogP contribution is -1.84. The molecule has 0 aliphatic heterocycles. The lowest BCUT2D eigenvalue weighted by atomic mass is 10.1. The summed E-state index contributed by atoms with van der Waals surface area (Å²) in [6, 6.07) is 20.3. The van der Waals surface area contributed by atoms with Gasteiger partial charge in [-0.3, -0.25) is 0 Å². The van der Waals surface area contributed by atoms with Crippen LogP contribution in [0.15, 0.2) is 76.9 Å². The number of rotatable bonds is 4. The SMILES string of the molecule is COc1ccc(-c2cc3c(Sc4ccccc4)ncnc3[nH]2)cc1. The van der Waals surface area contributed by atoms with Crippen LogP contribution in [-0.2, 0) is 0 Å². The molecule has 0 aliphatic carbocycles. The minimum absolute atomic E-state index is 0.842. The molecule has 0 aliphatic rings. The first kappa shape index (κ1) is 14.8. The largest absolute Gasteiger partial charge is 0.497 e. The number of fused-ring (bicyclic) bond motifs is 1. The molecule has 0 saturated heterocycles. The van der Waals surface area contributed by atoms with E-state index in [1.807, 2.05) is 42.5 Å². The van der Waals surface area contributed by atoms with Crippen molar-refractivity contribution in [1.82, 2.24) is 15.0 Å². The van der Waals surface area contributed by atoms with E-state index in [1.54, 1.807) is 25.2 Å². The molecule has 0 fully saturated rings. The van der Waals surface area contributed by atoms with Crippen molar-refractivity contribution < 1.29 is 4.74 Å². The Bertz CT molecular complexity index is 965. The fourth-order valence-electron chi connectivity index (χ4n) is 2.52. The van der Waals surface area contributed by atoms with E-state index < -0.39 is 0 Å². The van der Waals surface area contributed by atoms with Crippen LogP contribution in [0.5, 0.6) is 5.75 Å². The third-order valence-electron chi connectivity index (χ3n) is 3.75. The summed E-state index contributed by atoms with van der Waals surface area (Å²) in [5, 5.41) is 1.97. The molecule has 2 aromatic carbocycles. The fourth-order valence-corrected chi connectivity index (χ4v) is 3.41. The van der Waals surface area contributed by atoms with Crippen LogP contribution >= 0.6 is 11.8 Å². The van der Waals surface area contributed by atoms with Crippen molar-refractivity contribution in [1.29, 1.82) is 0 Å². The second-order valence-corrected chi connectivity index (χ2v) is 6.33. The van der Waals surface area contributed by atoms with E-state index >= 15 is 0 Å². The van der Waals surface area contributed by atoms with Gasteiger partial charge in [-0.05, 0) is 48.0 Å². The molecule has 0 amide bonds. The van der Waals surface area contributed by atoms with E-state index in [4.69, 9.17) is 4.74 Å². The highest BCUT2D eigenvalue weighted by atomic mass is 32.2. The average molecular weight is 333 g/mol. The third kappa shape index (κ3) is 2.86. The average Bonchev–Trinajstić information content (AvgIpc) is 3.08. The Kier molecular flexibility index (Phi) is 3.92. The van der Waals surface area contributed by atoms with Gasteiger partial charge >= 0.3 is 0 Å². The summed E-state index contributed by atoms with van der Waals surface area (Å²) in [4.78, 5) is 13.3. The van der Waals surface area contributed by atoms with Gasteiger partial charge in [0.1, 0.15) is 22.7 Å². The van der Waals surface area contributed by atoms with E-state index in [0.29, 0.717) is 0 Å². The number of H-pyrrole nitrogens is 1. The first-order chi connectivity index (χ1) is 11.8. The van der Waals surface area contributed by atoms with Gasteiger partial charge in [-0.15, -0.1) is 0 Å². The zero-order valence-corrected chi connectivity index (χ0v) is 13.9. The van der Waals surface area contributed by atoms with Gasteiger partial charge in [0.2, 0.25) is 0 Å². The molecule has 2 heterocycles. The number of benzene rings is 2. The van der Waals surface area contributed by atoms with Crippen molar-refractivity contribution in [3.8, 4) is 17.0 Å². The number of nitrogens with one attached hydrogen (secondary N) is 1. The number of nitrogens with zero attached hydrogens (tertiary/aromatic N) is 2. The first-order valence-corrected chi connectivity index (χ1v) is 8.36. The second kappa shape index (κ2) is 6.37. The number of aromatic amines is 1. The van der Waals surface area contributed by atoms with Crippen molar-refractivity contribution in [3.05, 3.63) is 67.0 Å². The van der Waals surface area contributed by atoms with Crippen LogP contribution in [0.25, 0.3) is 22.3 Å². The monoisotopic (exact) mass is 333 g/mol. The second-order valence-electron chi connectivity index (χ2n) is 5.27. The summed E-state index contributed by atoms with van der Waals surface area (Å²) in [5.74, 6) is 0.843. The van der Waals surface area contributed by atoms with Gasteiger partial charge in [0, 0.05) is 10.6 Å². The Labute approximate surface area is 143 Å². The highest BCUT2D eigenvalue weighted by molar-refractivity contribution is 7.99. The number of methoxy groups -OCH3 is 1. The molecule has 0 spiro atoms. The van der Waals surface area contributed by atoms with Gasteiger partial charge in [-0.1, -0.05) is 30.0 Å². The van der Waals surface area contributed by atoms with Gasteiger partial charge in [-0.2, -0.15) is 0 Å². The Morgan fingerprint density at radius 2 is 1.75 bits per heavy atom. The molecule has 1 N–H and O–H groups in total. The van der Waals surface area contributed by atoms with Crippen LogP contribution in [0.2, 0.25) is 0 Å². The molecule has 0 radical (unpaired) electrons. The zero-order valence-electron chi connectivity index (χ0n) is 13.1. The summed E-state index contributed by atoms with van der Waals surface area (Å²) >= 11 is 1.64. The maximum absolute atomic E-state index is 5.21. The molecule has 0 unspecified atom stereocenters. The van der Waals surface area contributed by atoms with Crippen molar-refractivity contribution in [3.63, 3.8) is 0 Å². The van der Waals surface area contributed by atoms with E-state index in [0.717, 1.165) is 38.0 Å². The van der Waals surface area contributed by atoms with E-state index in [1.165, 1.54) is 0 Å². The molecule has 0 atom stereocenters. The molecule has 4 aromatic rings. The maximum atomic E-state index is 5.21. The standard InChI is InChI=1S/C19H15N3OS/c1-23-14-9-7-13(8-10-14)17-11-16-18(22-17)20-12-21-19(16)24-15-5-3-2-4-6-15/h2-12H,1H3,(H,20,21,22). The molecule has 4 nitrogen and oxygen atoms in total. The lowest BCUT2D eigenvalue weighted by Gasteiger charge is -2.01. The lowest BCUT2D eigenvalue weighted by molar-refractivity contribution is 0.415. The third-order valence-corrected chi connectivity index (χ3v) is 4.77. The van der Waals surface area contributed by atoms with Crippen LogP contribution in [-0.4, -0.2) is 22.1 Å². The Hall–Kier alpha value is -2.79. The first-order valence-electron chi connectivity index (χ1n) is 7.54. The quantitative estimate of drug-likeness (QED) is 0.546. The summed E-state index contributed by atoms with van der Waals surface area (Å²) in [5.41, 5.74) is 2.95. The highest BCUT2D eigenvalue weighted by Gasteiger charge is 2.10. The molecular formula is C19H15N3OS. The number of ether oxygens (including phenoxy) is 1. The number of aromatic nitrogens is 3. The van der Waals surface area contributed by atoms with Crippen molar-refractivity contribution in [2.24, 2.45) is 0 Å². The number of hydrogen-bond acceptors (Lipinski definition) is 4. The zero-order chi connectivity index (χ0) is 16.4. The molecule has 4 rings (SSSR count). The molecule has 0 bridgehead atoms. The van der Waals surface area contributed by atoms with E-state index in [2.05, 4.69) is 33.2 Å².